The van der Waals surface area contributed by atoms with Crippen LogP contribution in [0, 0.1) is 19.3 Å². The van der Waals surface area contributed by atoms with Crippen molar-refractivity contribution in [3.63, 3.8) is 0 Å². The van der Waals surface area contributed by atoms with Crippen molar-refractivity contribution in [1.29, 1.82) is 0 Å². The fraction of sp³-hybridized carbons (Fsp3) is 0.789. The summed E-state index contributed by atoms with van der Waals surface area (Å²) in [5, 5.41) is 7.55. The molecule has 3 aliphatic heterocycles. The summed E-state index contributed by atoms with van der Waals surface area (Å²) in [4.78, 5) is 17.3. The zero-order valence-electron chi connectivity index (χ0n) is 16.3. The van der Waals surface area contributed by atoms with Crippen molar-refractivity contribution in [2.75, 3.05) is 32.7 Å². The summed E-state index contributed by atoms with van der Waals surface area (Å²) in [5.74, 6) is 1.14. The molecule has 154 valence electrons. The van der Waals surface area contributed by atoms with Gasteiger partial charge in [0.1, 0.15) is 5.76 Å². The van der Waals surface area contributed by atoms with Gasteiger partial charge < -0.3 is 14.7 Å². The molecular formula is C19H32Cl2N4O2. The van der Waals surface area contributed by atoms with Gasteiger partial charge in [0.2, 0.25) is 5.91 Å². The fourth-order valence-corrected chi connectivity index (χ4v) is 4.89. The molecule has 27 heavy (non-hydrogen) atoms. The number of halogens is 2. The molecule has 1 spiro atoms. The van der Waals surface area contributed by atoms with Crippen molar-refractivity contribution in [1.82, 2.24) is 20.3 Å². The lowest BCUT2D eigenvalue weighted by molar-refractivity contribution is -0.128. The number of rotatable bonds is 3. The first-order chi connectivity index (χ1) is 12.1. The molecule has 1 amide bonds. The summed E-state index contributed by atoms with van der Waals surface area (Å²) in [5.41, 5.74) is 2.18. The molecule has 3 aliphatic rings. The average molecular weight is 419 g/mol. The average Bonchev–Trinajstić information content (AvgIpc) is 3.10. The summed E-state index contributed by atoms with van der Waals surface area (Å²) >= 11 is 0. The highest BCUT2D eigenvalue weighted by Crippen LogP contribution is 2.42. The number of piperidine rings is 2. The predicted molar refractivity (Wildman–Crippen MR) is 110 cm³/mol. The minimum atomic E-state index is 0. The Kier molecular flexibility index (Phi) is 7.59. The molecule has 4 rings (SSSR count). The van der Waals surface area contributed by atoms with Gasteiger partial charge >= 0.3 is 0 Å². The van der Waals surface area contributed by atoms with Crippen LogP contribution >= 0.6 is 24.8 Å². The van der Waals surface area contributed by atoms with E-state index in [1.54, 1.807) is 0 Å². The van der Waals surface area contributed by atoms with E-state index < -0.39 is 0 Å². The maximum absolute atomic E-state index is 12.6. The number of nitrogens with one attached hydrogen (secondary N) is 1. The number of carbonyl (C=O) groups is 1. The van der Waals surface area contributed by atoms with Crippen LogP contribution in [0.3, 0.4) is 0 Å². The molecule has 1 atom stereocenters. The van der Waals surface area contributed by atoms with E-state index in [1.165, 1.54) is 19.4 Å². The lowest BCUT2D eigenvalue weighted by Crippen LogP contribution is -2.51. The largest absolute Gasteiger partial charge is 0.361 e. The van der Waals surface area contributed by atoms with Crippen LogP contribution in [-0.4, -0.2) is 59.6 Å². The molecule has 1 unspecified atom stereocenters. The van der Waals surface area contributed by atoms with Crippen LogP contribution in [-0.2, 0) is 11.3 Å². The number of hydrogen-bond donors (Lipinski definition) is 1. The number of aryl methyl sites for hydroxylation is 2. The third-order valence-corrected chi connectivity index (χ3v) is 6.58. The van der Waals surface area contributed by atoms with Crippen LogP contribution in [0.2, 0.25) is 0 Å². The lowest BCUT2D eigenvalue weighted by atomic mass is 9.77. The molecule has 4 heterocycles. The molecule has 1 aromatic heterocycles. The van der Waals surface area contributed by atoms with E-state index in [0.29, 0.717) is 24.9 Å². The quantitative estimate of drug-likeness (QED) is 0.817. The van der Waals surface area contributed by atoms with E-state index in [1.807, 2.05) is 18.7 Å². The maximum Gasteiger partial charge on any atom is 0.223 e. The van der Waals surface area contributed by atoms with Crippen LogP contribution in [0.15, 0.2) is 4.52 Å². The molecule has 0 saturated carbocycles. The predicted octanol–water partition coefficient (Wildman–Crippen LogP) is 2.70. The Morgan fingerprint density at radius 1 is 1.26 bits per heavy atom. The van der Waals surface area contributed by atoms with E-state index in [9.17, 15) is 4.79 Å². The van der Waals surface area contributed by atoms with Crippen molar-refractivity contribution in [3.05, 3.63) is 17.0 Å². The van der Waals surface area contributed by atoms with E-state index in [2.05, 4.69) is 15.4 Å². The molecule has 8 heteroatoms. The molecule has 3 fully saturated rings. The van der Waals surface area contributed by atoms with Crippen LogP contribution in [0.1, 0.15) is 49.1 Å². The first kappa shape index (κ1) is 22.5. The van der Waals surface area contributed by atoms with Crippen molar-refractivity contribution in [2.45, 2.75) is 58.5 Å². The van der Waals surface area contributed by atoms with Crippen LogP contribution in [0.5, 0.6) is 0 Å². The van der Waals surface area contributed by atoms with Crippen LogP contribution in [0.25, 0.3) is 0 Å². The number of nitrogens with zero attached hydrogens (tertiary/aromatic N) is 3. The van der Waals surface area contributed by atoms with Gasteiger partial charge in [-0.3, -0.25) is 9.69 Å². The van der Waals surface area contributed by atoms with E-state index in [4.69, 9.17) is 4.52 Å². The van der Waals surface area contributed by atoms with Crippen LogP contribution < -0.4 is 5.32 Å². The first-order valence-corrected chi connectivity index (χ1v) is 9.71. The van der Waals surface area contributed by atoms with Gasteiger partial charge in [0.25, 0.3) is 0 Å². The summed E-state index contributed by atoms with van der Waals surface area (Å²) in [6.45, 7) is 10.0. The molecule has 1 aromatic rings. The summed E-state index contributed by atoms with van der Waals surface area (Å²) in [6, 6.07) is 0.696. The Morgan fingerprint density at radius 2 is 2.00 bits per heavy atom. The summed E-state index contributed by atoms with van der Waals surface area (Å²) in [7, 11) is 0. The minimum absolute atomic E-state index is 0. The molecule has 3 saturated heterocycles. The maximum atomic E-state index is 12.6. The van der Waals surface area contributed by atoms with Gasteiger partial charge in [0, 0.05) is 31.1 Å². The Hall–Kier alpha value is -0.820. The highest BCUT2D eigenvalue weighted by atomic mass is 35.5. The van der Waals surface area contributed by atoms with Gasteiger partial charge in [0.05, 0.1) is 12.2 Å². The molecule has 0 bridgehead atoms. The second kappa shape index (κ2) is 9.12. The Balaban J connectivity index is 0.00000131. The Labute approximate surface area is 174 Å². The number of aromatic nitrogens is 1. The molecule has 0 aliphatic carbocycles. The van der Waals surface area contributed by atoms with E-state index >= 15 is 0 Å². The Bertz CT molecular complexity index is 618. The van der Waals surface area contributed by atoms with Gasteiger partial charge in [-0.15, -0.1) is 24.8 Å². The molecule has 0 aromatic carbocycles. The highest BCUT2D eigenvalue weighted by molar-refractivity contribution is 5.85. The standard InChI is InChI=1S/C19H30N4O2.2ClH/c1-14-17(15(2)25-21-14)12-23-13-19(10-18(23)24)5-8-22(9-6-19)16-4-3-7-20-11-16;;/h16,20H,3-13H2,1-2H3;2*1H. The van der Waals surface area contributed by atoms with Crippen molar-refractivity contribution >= 4 is 30.7 Å². The topological polar surface area (TPSA) is 61.6 Å². The Morgan fingerprint density at radius 3 is 2.59 bits per heavy atom. The third-order valence-electron chi connectivity index (χ3n) is 6.58. The van der Waals surface area contributed by atoms with Gasteiger partial charge in [-0.2, -0.15) is 0 Å². The lowest BCUT2D eigenvalue weighted by Gasteiger charge is -2.43. The minimum Gasteiger partial charge on any atom is -0.361 e. The van der Waals surface area contributed by atoms with Crippen molar-refractivity contribution in [2.24, 2.45) is 5.41 Å². The third kappa shape index (κ3) is 4.61. The SMILES string of the molecule is Cc1noc(C)c1CN1CC2(CCN(C3CCCNC3)CC2)CC1=O.Cl.Cl. The van der Waals surface area contributed by atoms with Gasteiger partial charge in [-0.05, 0) is 64.6 Å². The first-order valence-electron chi connectivity index (χ1n) is 9.71. The fourth-order valence-electron chi connectivity index (χ4n) is 4.89. The number of hydrogen-bond acceptors (Lipinski definition) is 5. The number of likely N-dealkylation sites (tertiary alicyclic amines) is 2. The molecule has 6 nitrogen and oxygen atoms in total. The molecular weight excluding hydrogens is 387 g/mol. The summed E-state index contributed by atoms with van der Waals surface area (Å²) in [6.07, 6.45) is 5.61. The van der Waals surface area contributed by atoms with Gasteiger partial charge in [-0.25, -0.2) is 0 Å². The number of carbonyl (C=O) groups excluding carboxylic acids is 1. The molecule has 1 N–H and O–H groups in total. The van der Waals surface area contributed by atoms with Crippen LogP contribution in [0.4, 0.5) is 0 Å². The zero-order valence-corrected chi connectivity index (χ0v) is 18.0. The number of amides is 1. The smallest absolute Gasteiger partial charge is 0.223 e. The monoisotopic (exact) mass is 418 g/mol. The van der Waals surface area contributed by atoms with Crippen molar-refractivity contribution in [3.8, 4) is 0 Å². The second-order valence-corrected chi connectivity index (χ2v) is 8.27. The van der Waals surface area contributed by atoms with Gasteiger partial charge in [0.15, 0.2) is 0 Å². The normalized spacial score (nSPS) is 25.3. The summed E-state index contributed by atoms with van der Waals surface area (Å²) < 4.78 is 5.26. The van der Waals surface area contributed by atoms with E-state index in [-0.39, 0.29) is 30.2 Å². The van der Waals surface area contributed by atoms with E-state index in [0.717, 1.165) is 56.0 Å². The second-order valence-electron chi connectivity index (χ2n) is 8.27. The molecule has 0 radical (unpaired) electrons. The highest BCUT2D eigenvalue weighted by Gasteiger charge is 2.45. The zero-order chi connectivity index (χ0) is 17.4. The van der Waals surface area contributed by atoms with Gasteiger partial charge in [-0.1, -0.05) is 5.16 Å². The van der Waals surface area contributed by atoms with Crippen molar-refractivity contribution < 1.29 is 9.32 Å².